The molecule has 16 heavy (non-hydrogen) atoms. The summed E-state index contributed by atoms with van der Waals surface area (Å²) in [5.74, 6) is 11.3. The second-order valence-corrected chi connectivity index (χ2v) is 4.11. The van der Waals surface area contributed by atoms with Crippen molar-refractivity contribution in [2.75, 3.05) is 6.61 Å². The van der Waals surface area contributed by atoms with Crippen LogP contribution in [0.15, 0.2) is 10.2 Å². The maximum Gasteiger partial charge on any atom is 0.0540 e. The van der Waals surface area contributed by atoms with Gasteiger partial charge in [0.15, 0.2) is 0 Å². The molecule has 0 amide bonds. The van der Waals surface area contributed by atoms with E-state index >= 15 is 0 Å². The summed E-state index contributed by atoms with van der Waals surface area (Å²) in [6.45, 7) is 0.125. The van der Waals surface area contributed by atoms with Crippen molar-refractivity contribution < 1.29 is 5.11 Å². The first-order valence-electron chi connectivity index (χ1n) is 5.73. The van der Waals surface area contributed by atoms with Crippen LogP contribution in [-0.2, 0) is 0 Å². The number of aliphatic hydroxyl groups is 1. The summed E-state index contributed by atoms with van der Waals surface area (Å²) in [6, 6.07) is 0. The zero-order valence-corrected chi connectivity index (χ0v) is 11.8. The lowest BCUT2D eigenvalue weighted by molar-refractivity contribution is 0.305. The fourth-order valence-electron chi connectivity index (χ4n) is 1.16. The number of unbranched alkanes of at least 4 members (excludes halogenated alkanes) is 5. The molecule has 0 fully saturated rings. The van der Waals surface area contributed by atoms with Gasteiger partial charge in [-0.1, -0.05) is 53.3 Å². The molecule has 0 atom stereocenters. The lowest BCUT2D eigenvalue weighted by Gasteiger charge is -1.94. The van der Waals surface area contributed by atoms with E-state index in [2.05, 4.69) is 56.4 Å². The molecular weight excluding hydrogens is 311 g/mol. The smallest absolute Gasteiger partial charge is 0.0540 e. The van der Waals surface area contributed by atoms with Crippen molar-refractivity contribution in [1.29, 1.82) is 0 Å². The molecule has 0 spiro atoms. The Labute approximate surface area is 113 Å². The van der Waals surface area contributed by atoms with E-state index in [9.17, 15) is 0 Å². The number of aliphatic hydroxyl groups excluding tert-OH is 1. The van der Waals surface area contributed by atoms with Gasteiger partial charge in [0.05, 0.1) is 6.61 Å². The summed E-state index contributed by atoms with van der Waals surface area (Å²) >= 11 is 2.25. The third kappa shape index (κ3) is 13.5. The molecule has 1 N–H and O–H groups in total. The van der Waals surface area contributed by atoms with Gasteiger partial charge in [0.25, 0.3) is 0 Å². The SMILES string of the molecule is OCCC#CC#CCCCCCC/C=C/I. The first kappa shape index (κ1) is 15.6. The first-order valence-corrected chi connectivity index (χ1v) is 6.98. The molecule has 0 heterocycles. The van der Waals surface area contributed by atoms with Gasteiger partial charge in [-0.2, -0.15) is 0 Å². The van der Waals surface area contributed by atoms with E-state index in [-0.39, 0.29) is 6.61 Å². The first-order chi connectivity index (χ1) is 7.91. The highest BCUT2D eigenvalue weighted by Gasteiger charge is 1.86. The Hall–Kier alpha value is -0.450. The molecule has 0 aromatic rings. The van der Waals surface area contributed by atoms with Crippen LogP contribution in [0.2, 0.25) is 0 Å². The van der Waals surface area contributed by atoms with Crippen molar-refractivity contribution in [2.24, 2.45) is 0 Å². The molecule has 0 unspecified atom stereocenters. The number of hydrogen-bond acceptors (Lipinski definition) is 1. The van der Waals surface area contributed by atoms with Crippen LogP contribution in [0.25, 0.3) is 0 Å². The van der Waals surface area contributed by atoms with E-state index in [1.54, 1.807) is 0 Å². The largest absolute Gasteiger partial charge is 0.395 e. The van der Waals surface area contributed by atoms with Crippen molar-refractivity contribution in [3.8, 4) is 23.7 Å². The number of halogens is 1. The Balaban J connectivity index is 3.24. The molecule has 0 aliphatic heterocycles. The van der Waals surface area contributed by atoms with Gasteiger partial charge >= 0.3 is 0 Å². The Bertz CT molecular complexity index is 285. The van der Waals surface area contributed by atoms with Crippen molar-refractivity contribution in [1.82, 2.24) is 0 Å². The van der Waals surface area contributed by atoms with Gasteiger partial charge in [-0.25, -0.2) is 0 Å². The van der Waals surface area contributed by atoms with Crippen LogP contribution < -0.4 is 0 Å². The normalized spacial score (nSPS) is 9.38. The van der Waals surface area contributed by atoms with E-state index in [1.807, 2.05) is 0 Å². The number of hydrogen-bond donors (Lipinski definition) is 1. The average molecular weight is 330 g/mol. The topological polar surface area (TPSA) is 20.2 Å². The summed E-state index contributed by atoms with van der Waals surface area (Å²) < 4.78 is 2.08. The minimum absolute atomic E-state index is 0.125. The molecule has 0 aliphatic carbocycles. The van der Waals surface area contributed by atoms with Crippen LogP contribution >= 0.6 is 22.6 Å². The highest BCUT2D eigenvalue weighted by Crippen LogP contribution is 2.05. The molecule has 88 valence electrons. The minimum atomic E-state index is 0.125. The second-order valence-electron chi connectivity index (χ2n) is 3.39. The van der Waals surface area contributed by atoms with E-state index in [0.29, 0.717) is 6.42 Å². The molecule has 0 saturated heterocycles. The zero-order chi connectivity index (χ0) is 11.9. The van der Waals surface area contributed by atoms with E-state index in [4.69, 9.17) is 5.11 Å². The highest BCUT2D eigenvalue weighted by molar-refractivity contribution is 14.1. The maximum atomic E-state index is 8.47. The van der Waals surface area contributed by atoms with Crippen molar-refractivity contribution in [3.63, 3.8) is 0 Å². The van der Waals surface area contributed by atoms with Crippen molar-refractivity contribution in [3.05, 3.63) is 10.2 Å². The monoisotopic (exact) mass is 330 g/mol. The summed E-state index contributed by atoms with van der Waals surface area (Å²) in [6.07, 6.45) is 9.87. The molecule has 0 saturated carbocycles. The minimum Gasteiger partial charge on any atom is -0.395 e. The van der Waals surface area contributed by atoms with Gasteiger partial charge in [0.1, 0.15) is 0 Å². The number of allylic oxidation sites excluding steroid dienone is 1. The van der Waals surface area contributed by atoms with Gasteiger partial charge in [-0.15, -0.1) is 0 Å². The van der Waals surface area contributed by atoms with Crippen molar-refractivity contribution >= 4 is 22.6 Å². The van der Waals surface area contributed by atoms with Gasteiger partial charge < -0.3 is 5.11 Å². The summed E-state index contributed by atoms with van der Waals surface area (Å²) in [7, 11) is 0. The third-order valence-corrected chi connectivity index (χ3v) is 2.50. The quantitative estimate of drug-likeness (QED) is 0.429. The Morgan fingerprint density at radius 2 is 1.62 bits per heavy atom. The van der Waals surface area contributed by atoms with E-state index < -0.39 is 0 Å². The van der Waals surface area contributed by atoms with Gasteiger partial charge in [0, 0.05) is 12.8 Å². The van der Waals surface area contributed by atoms with Gasteiger partial charge in [0.2, 0.25) is 0 Å². The highest BCUT2D eigenvalue weighted by atomic mass is 127. The predicted octanol–water partition coefficient (Wildman–Crippen LogP) is 3.66. The van der Waals surface area contributed by atoms with Crippen LogP contribution in [0.5, 0.6) is 0 Å². The Morgan fingerprint density at radius 1 is 0.938 bits per heavy atom. The molecule has 0 aliphatic rings. The van der Waals surface area contributed by atoms with Crippen LogP contribution in [0.1, 0.15) is 44.9 Å². The van der Waals surface area contributed by atoms with Crippen LogP contribution in [0.3, 0.4) is 0 Å². The Morgan fingerprint density at radius 3 is 2.31 bits per heavy atom. The summed E-state index contributed by atoms with van der Waals surface area (Å²) in [4.78, 5) is 0. The zero-order valence-electron chi connectivity index (χ0n) is 9.64. The van der Waals surface area contributed by atoms with E-state index in [1.165, 1.54) is 32.1 Å². The molecule has 0 bridgehead atoms. The third-order valence-electron chi connectivity index (χ3n) is 1.99. The molecule has 0 radical (unpaired) electrons. The lowest BCUT2D eigenvalue weighted by atomic mass is 10.1. The summed E-state index contributed by atoms with van der Waals surface area (Å²) in [5, 5.41) is 8.47. The fraction of sp³-hybridized carbons (Fsp3) is 0.571. The summed E-state index contributed by atoms with van der Waals surface area (Å²) in [5.41, 5.74) is 0. The number of rotatable bonds is 7. The second kappa shape index (κ2) is 14.6. The molecule has 0 aromatic carbocycles. The Kier molecular flexibility index (Phi) is 14.1. The van der Waals surface area contributed by atoms with Gasteiger partial charge in [-0.05, 0) is 35.2 Å². The molecule has 0 aromatic heterocycles. The molecule has 2 heteroatoms. The average Bonchev–Trinajstić information content (AvgIpc) is 2.31. The standard InChI is InChI=1S/C14H19IO/c15-13-11-9-7-5-3-1-2-4-6-8-10-12-14-16/h11,13,16H,1-3,5,7,9,12,14H2/b13-11+. The maximum absolute atomic E-state index is 8.47. The predicted molar refractivity (Wildman–Crippen MR) is 78.1 cm³/mol. The molecule has 0 rings (SSSR count). The fourth-order valence-corrected chi connectivity index (χ4v) is 1.52. The van der Waals surface area contributed by atoms with Crippen LogP contribution in [0.4, 0.5) is 0 Å². The van der Waals surface area contributed by atoms with Crippen molar-refractivity contribution in [2.45, 2.75) is 44.9 Å². The van der Waals surface area contributed by atoms with Gasteiger partial charge in [-0.3, -0.25) is 0 Å². The van der Waals surface area contributed by atoms with Crippen LogP contribution in [0, 0.1) is 23.7 Å². The molecular formula is C14H19IO. The lowest BCUT2D eigenvalue weighted by Crippen LogP contribution is -1.77. The van der Waals surface area contributed by atoms with E-state index in [0.717, 1.165) is 6.42 Å². The van der Waals surface area contributed by atoms with Crippen LogP contribution in [-0.4, -0.2) is 11.7 Å². The molecule has 1 nitrogen and oxygen atoms in total.